The zero-order valence-corrected chi connectivity index (χ0v) is 10.8. The summed E-state index contributed by atoms with van der Waals surface area (Å²) in [7, 11) is 1.68. The van der Waals surface area contributed by atoms with E-state index in [1.165, 1.54) is 12.4 Å². The first-order valence-electron chi connectivity index (χ1n) is 5.41. The lowest BCUT2D eigenvalue weighted by atomic mass is 10.1. The molecule has 7 heteroatoms. The van der Waals surface area contributed by atoms with E-state index in [2.05, 4.69) is 20.4 Å². The zero-order chi connectivity index (χ0) is 13.8. The second kappa shape index (κ2) is 5.53. The van der Waals surface area contributed by atoms with Crippen molar-refractivity contribution in [1.82, 2.24) is 9.97 Å². The maximum Gasteiger partial charge on any atom is 0.257 e. The fourth-order valence-corrected chi connectivity index (χ4v) is 1.81. The van der Waals surface area contributed by atoms with Gasteiger partial charge in [0.2, 0.25) is 0 Å². The van der Waals surface area contributed by atoms with Crippen LogP contribution in [0.3, 0.4) is 0 Å². The molecule has 0 fully saturated rings. The van der Waals surface area contributed by atoms with Gasteiger partial charge in [-0.05, 0) is 18.2 Å². The molecule has 3 N–H and O–H groups in total. The molecule has 19 heavy (non-hydrogen) atoms. The van der Waals surface area contributed by atoms with E-state index in [-0.39, 0.29) is 16.8 Å². The van der Waals surface area contributed by atoms with Crippen LogP contribution in [0.15, 0.2) is 40.5 Å². The Morgan fingerprint density at radius 1 is 1.58 bits per heavy atom. The van der Waals surface area contributed by atoms with Crippen LogP contribution in [0.1, 0.15) is 11.3 Å². The van der Waals surface area contributed by atoms with E-state index in [0.29, 0.717) is 16.4 Å². The molecule has 0 aliphatic rings. The Hall–Kier alpha value is -2.34. The summed E-state index contributed by atoms with van der Waals surface area (Å²) in [5, 5.41) is 15.7. The van der Waals surface area contributed by atoms with E-state index in [4.69, 9.17) is 11.6 Å². The first-order valence-corrected chi connectivity index (χ1v) is 5.79. The Kier molecular flexibility index (Phi) is 3.82. The van der Waals surface area contributed by atoms with Gasteiger partial charge in [-0.25, -0.2) is 0 Å². The molecule has 98 valence electrons. The molecule has 0 radical (unpaired) electrons. The summed E-state index contributed by atoms with van der Waals surface area (Å²) in [5.41, 5.74) is 0.822. The minimum atomic E-state index is -0.367. The average molecular weight is 279 g/mol. The molecule has 0 atom stereocenters. The lowest BCUT2D eigenvalue weighted by molar-refractivity contribution is 0.319. The molecule has 0 saturated heterocycles. The van der Waals surface area contributed by atoms with E-state index in [0.717, 1.165) is 0 Å². The fraction of sp³-hybridized carbons (Fsp3) is 0.0833. The van der Waals surface area contributed by atoms with E-state index in [1.807, 2.05) is 0 Å². The number of nitrogens with one attached hydrogen (secondary N) is 2. The average Bonchev–Trinajstić information content (AvgIpc) is 2.43. The SMILES string of the molecule is CNc1cc(Cl)cnc1/C(=N/O)c1ccc[nH]c1=O. The smallest absolute Gasteiger partial charge is 0.257 e. The quantitative estimate of drug-likeness (QED) is 0.453. The van der Waals surface area contributed by atoms with Crippen LogP contribution in [-0.4, -0.2) is 27.9 Å². The van der Waals surface area contributed by atoms with Crippen LogP contribution in [0.2, 0.25) is 5.02 Å². The van der Waals surface area contributed by atoms with Gasteiger partial charge in [-0.2, -0.15) is 0 Å². The second-order valence-corrected chi connectivity index (χ2v) is 4.10. The third kappa shape index (κ3) is 2.58. The van der Waals surface area contributed by atoms with Crippen molar-refractivity contribution in [1.29, 1.82) is 0 Å². The standard InChI is InChI=1S/C12H11ClN4O2/c1-14-9-5-7(13)6-16-11(9)10(17-19)8-3-2-4-15-12(8)18/h2-6,14,19H,1H3,(H,15,18)/b17-10+. The molecule has 0 spiro atoms. The summed E-state index contributed by atoms with van der Waals surface area (Å²) < 4.78 is 0. The third-order valence-electron chi connectivity index (χ3n) is 2.52. The number of halogens is 1. The molecule has 2 heterocycles. The Bertz CT molecular complexity index is 681. The van der Waals surface area contributed by atoms with Crippen molar-refractivity contribution in [2.75, 3.05) is 12.4 Å². The monoisotopic (exact) mass is 278 g/mol. The molecular formula is C12H11ClN4O2. The Labute approximate surface area is 113 Å². The highest BCUT2D eigenvalue weighted by atomic mass is 35.5. The summed E-state index contributed by atoms with van der Waals surface area (Å²) >= 11 is 5.85. The van der Waals surface area contributed by atoms with Crippen molar-refractivity contribution in [3.05, 3.63) is 57.2 Å². The Morgan fingerprint density at radius 2 is 2.37 bits per heavy atom. The molecule has 2 aromatic heterocycles. The van der Waals surface area contributed by atoms with Crippen LogP contribution in [0.4, 0.5) is 5.69 Å². The molecule has 0 aliphatic heterocycles. The van der Waals surface area contributed by atoms with Crippen LogP contribution >= 0.6 is 11.6 Å². The summed E-state index contributed by atoms with van der Waals surface area (Å²) in [6, 6.07) is 4.81. The number of H-pyrrole nitrogens is 1. The fourth-order valence-electron chi connectivity index (χ4n) is 1.66. The van der Waals surface area contributed by atoms with Crippen molar-refractivity contribution in [2.24, 2.45) is 5.16 Å². The minimum Gasteiger partial charge on any atom is -0.410 e. The predicted molar refractivity (Wildman–Crippen MR) is 73.3 cm³/mol. The van der Waals surface area contributed by atoms with E-state index < -0.39 is 0 Å². The third-order valence-corrected chi connectivity index (χ3v) is 2.73. The van der Waals surface area contributed by atoms with Crippen molar-refractivity contribution in [2.45, 2.75) is 0 Å². The summed E-state index contributed by atoms with van der Waals surface area (Å²) in [6.45, 7) is 0. The van der Waals surface area contributed by atoms with Gasteiger partial charge in [0.15, 0.2) is 0 Å². The van der Waals surface area contributed by atoms with Gasteiger partial charge < -0.3 is 15.5 Å². The molecule has 2 aromatic rings. The number of aromatic nitrogens is 2. The van der Waals surface area contributed by atoms with Crippen LogP contribution in [0, 0.1) is 0 Å². The summed E-state index contributed by atoms with van der Waals surface area (Å²) in [4.78, 5) is 18.3. The normalized spacial score (nSPS) is 11.4. The number of oxime groups is 1. The van der Waals surface area contributed by atoms with Crippen molar-refractivity contribution >= 4 is 23.0 Å². The van der Waals surface area contributed by atoms with E-state index >= 15 is 0 Å². The zero-order valence-electron chi connectivity index (χ0n) is 10.0. The van der Waals surface area contributed by atoms with Crippen molar-refractivity contribution in [3.8, 4) is 0 Å². The van der Waals surface area contributed by atoms with Gasteiger partial charge in [-0.15, -0.1) is 0 Å². The molecular weight excluding hydrogens is 268 g/mol. The van der Waals surface area contributed by atoms with Crippen molar-refractivity contribution in [3.63, 3.8) is 0 Å². The van der Waals surface area contributed by atoms with Gasteiger partial charge >= 0.3 is 0 Å². The molecule has 6 nitrogen and oxygen atoms in total. The van der Waals surface area contributed by atoms with Crippen LogP contribution in [-0.2, 0) is 0 Å². The van der Waals surface area contributed by atoms with E-state index in [1.54, 1.807) is 25.2 Å². The molecule has 0 saturated carbocycles. The number of hydrogen-bond donors (Lipinski definition) is 3. The van der Waals surface area contributed by atoms with Gasteiger partial charge in [0.1, 0.15) is 11.4 Å². The van der Waals surface area contributed by atoms with E-state index in [9.17, 15) is 10.0 Å². The Balaban J connectivity index is 2.62. The highest BCUT2D eigenvalue weighted by Gasteiger charge is 2.16. The van der Waals surface area contributed by atoms with Crippen LogP contribution < -0.4 is 10.9 Å². The molecule has 0 amide bonds. The molecule has 0 bridgehead atoms. The maximum atomic E-state index is 11.7. The highest BCUT2D eigenvalue weighted by Crippen LogP contribution is 2.20. The van der Waals surface area contributed by atoms with Crippen LogP contribution in [0.25, 0.3) is 0 Å². The molecule has 0 aliphatic carbocycles. The van der Waals surface area contributed by atoms with Gasteiger partial charge in [-0.1, -0.05) is 16.8 Å². The molecule has 0 unspecified atom stereocenters. The molecule has 2 rings (SSSR count). The number of rotatable bonds is 3. The van der Waals surface area contributed by atoms with Gasteiger partial charge in [-0.3, -0.25) is 9.78 Å². The second-order valence-electron chi connectivity index (χ2n) is 3.66. The number of anilines is 1. The number of pyridine rings is 2. The minimum absolute atomic E-state index is 0.0721. The first-order chi connectivity index (χ1) is 9.17. The first kappa shape index (κ1) is 13.1. The highest BCUT2D eigenvalue weighted by molar-refractivity contribution is 6.31. The number of nitrogens with zero attached hydrogens (tertiary/aromatic N) is 2. The van der Waals surface area contributed by atoms with Gasteiger partial charge in [0, 0.05) is 19.4 Å². The topological polar surface area (TPSA) is 90.4 Å². The van der Waals surface area contributed by atoms with Crippen LogP contribution in [0.5, 0.6) is 0 Å². The predicted octanol–water partition coefficient (Wildman–Crippen LogP) is 1.69. The van der Waals surface area contributed by atoms with Gasteiger partial charge in [0.25, 0.3) is 5.56 Å². The van der Waals surface area contributed by atoms with Crippen molar-refractivity contribution < 1.29 is 5.21 Å². The van der Waals surface area contributed by atoms with Gasteiger partial charge in [0.05, 0.1) is 16.3 Å². The molecule has 0 aromatic carbocycles. The number of aromatic amines is 1. The maximum absolute atomic E-state index is 11.7. The summed E-state index contributed by atoms with van der Waals surface area (Å²) in [6.07, 6.45) is 2.91. The Morgan fingerprint density at radius 3 is 3.00 bits per heavy atom. The number of hydrogen-bond acceptors (Lipinski definition) is 5. The lowest BCUT2D eigenvalue weighted by Gasteiger charge is -2.09. The lowest BCUT2D eigenvalue weighted by Crippen LogP contribution is -2.20. The summed E-state index contributed by atoms with van der Waals surface area (Å²) in [5.74, 6) is 0. The largest absolute Gasteiger partial charge is 0.410 e.